The van der Waals surface area contributed by atoms with Crippen molar-refractivity contribution in [3.8, 4) is 28.2 Å². The maximum absolute atomic E-state index is 12.9. The number of nitrogens with one attached hydrogen (secondary N) is 1. The molecule has 2 aliphatic rings. The van der Waals surface area contributed by atoms with Crippen molar-refractivity contribution in [1.82, 2.24) is 0 Å². The minimum absolute atomic E-state index is 0.0478. The number of benzene rings is 3. The lowest BCUT2D eigenvalue weighted by molar-refractivity contribution is 0.0697. The summed E-state index contributed by atoms with van der Waals surface area (Å²) < 4.78 is 24.0. The van der Waals surface area contributed by atoms with Gasteiger partial charge in [-0.1, -0.05) is 6.07 Å². The van der Waals surface area contributed by atoms with Crippen LogP contribution in [0.3, 0.4) is 0 Å². The molecule has 1 aliphatic carbocycles. The number of anilines is 1. The minimum Gasteiger partial charge on any atom is -0.508 e. The minimum atomic E-state index is -3.44. The summed E-state index contributed by atoms with van der Waals surface area (Å²) in [7, 11) is -3.44. The van der Waals surface area contributed by atoms with Gasteiger partial charge in [-0.3, -0.25) is 9.36 Å². The van der Waals surface area contributed by atoms with E-state index in [9.17, 15) is 29.5 Å². The zero-order chi connectivity index (χ0) is 24.5. The third-order valence-corrected chi connectivity index (χ3v) is 7.29. The Balaban J connectivity index is 1.95. The third-order valence-electron chi connectivity index (χ3n) is 5.23. The van der Waals surface area contributed by atoms with Crippen LogP contribution in [-0.2, 0) is 9.09 Å². The van der Waals surface area contributed by atoms with E-state index in [1.807, 2.05) is 0 Å². The summed E-state index contributed by atoms with van der Waals surface area (Å²) in [6.07, 6.45) is -0.137. The number of hydrogen-bond donors (Lipinski definition) is 4. The number of carboxylic acids is 1. The lowest BCUT2D eigenvalue weighted by atomic mass is 9.90. The van der Waals surface area contributed by atoms with Gasteiger partial charge in [-0.2, -0.15) is 0 Å². The summed E-state index contributed by atoms with van der Waals surface area (Å²) in [4.78, 5) is 24.2. The van der Waals surface area contributed by atoms with Crippen LogP contribution in [0.4, 0.5) is 5.69 Å². The van der Waals surface area contributed by atoms with Crippen LogP contribution in [-0.4, -0.2) is 40.7 Å². The molecule has 2 aromatic carbocycles. The Bertz CT molecular complexity index is 1450. The first kappa shape index (κ1) is 23.5. The number of carboxylic acid groups (broad SMARTS) is 1. The van der Waals surface area contributed by atoms with Gasteiger partial charge in [-0.15, -0.1) is 0 Å². The van der Waals surface area contributed by atoms with E-state index < -0.39 is 13.5 Å². The lowest BCUT2D eigenvalue weighted by Crippen LogP contribution is -2.09. The van der Waals surface area contributed by atoms with Crippen molar-refractivity contribution >= 4 is 30.1 Å². The van der Waals surface area contributed by atoms with E-state index in [1.165, 1.54) is 30.3 Å². The van der Waals surface area contributed by atoms with E-state index in [0.717, 1.165) is 0 Å². The molecule has 176 valence electrons. The highest BCUT2D eigenvalue weighted by atomic mass is 31.2. The summed E-state index contributed by atoms with van der Waals surface area (Å²) in [6.45, 7) is 1.45. The number of hydrogen-bond acceptors (Lipinski definition) is 7. The molecular formula is C24H22NO8P. The molecule has 0 saturated carbocycles. The quantitative estimate of drug-likeness (QED) is 0.208. The average molecular weight is 483 g/mol. The molecule has 0 amide bonds. The van der Waals surface area contributed by atoms with Gasteiger partial charge in [0.15, 0.2) is 5.43 Å². The van der Waals surface area contributed by atoms with Gasteiger partial charge >= 0.3 is 5.97 Å². The molecule has 4 N–H and O–H groups in total. The second-order valence-corrected chi connectivity index (χ2v) is 9.81. The second kappa shape index (κ2) is 9.30. The zero-order valence-electron chi connectivity index (χ0n) is 18.1. The predicted octanol–water partition coefficient (Wildman–Crippen LogP) is 4.60. The fourth-order valence-corrected chi connectivity index (χ4v) is 5.37. The number of rotatable bonds is 8. The first-order chi connectivity index (χ1) is 16.2. The number of aliphatic hydroxyl groups excluding tert-OH is 1. The summed E-state index contributed by atoms with van der Waals surface area (Å²) in [5.74, 6) is -1.04. The Kier molecular flexibility index (Phi) is 6.43. The van der Waals surface area contributed by atoms with Crippen LogP contribution >= 0.6 is 7.52 Å². The summed E-state index contributed by atoms with van der Waals surface area (Å²) in [6, 6.07) is 13.1. The fourth-order valence-electron chi connectivity index (χ4n) is 3.85. The second-order valence-electron chi connectivity index (χ2n) is 7.53. The van der Waals surface area contributed by atoms with Crippen molar-refractivity contribution in [2.45, 2.75) is 6.92 Å². The molecular weight excluding hydrogens is 461 g/mol. The van der Waals surface area contributed by atoms with Gasteiger partial charge in [-0.05, 0) is 48.9 Å². The van der Waals surface area contributed by atoms with Crippen molar-refractivity contribution in [2.24, 2.45) is 0 Å². The van der Waals surface area contributed by atoms with Crippen molar-refractivity contribution in [3.05, 3.63) is 70.4 Å². The van der Waals surface area contributed by atoms with Gasteiger partial charge < -0.3 is 29.3 Å². The SMILES string of the molecule is CCOP(=O)(CCO)Nc1ccc(-c2c3ccc(=O)cc-3oc3cc(O)ccc23)c(C(=O)O)c1. The van der Waals surface area contributed by atoms with Crippen molar-refractivity contribution in [3.63, 3.8) is 0 Å². The maximum Gasteiger partial charge on any atom is 0.336 e. The molecule has 1 aliphatic heterocycles. The van der Waals surface area contributed by atoms with Gasteiger partial charge in [0.2, 0.25) is 0 Å². The van der Waals surface area contributed by atoms with Crippen molar-refractivity contribution < 1.29 is 33.6 Å². The lowest BCUT2D eigenvalue weighted by Gasteiger charge is -2.21. The topological polar surface area (TPSA) is 146 Å². The molecule has 10 heteroatoms. The molecule has 0 aromatic heterocycles. The number of aliphatic hydroxyl groups is 1. The summed E-state index contributed by atoms with van der Waals surface area (Å²) in [5.41, 5.74) is 1.50. The largest absolute Gasteiger partial charge is 0.508 e. The maximum atomic E-state index is 12.9. The summed E-state index contributed by atoms with van der Waals surface area (Å²) >= 11 is 0. The third kappa shape index (κ3) is 4.54. The van der Waals surface area contributed by atoms with E-state index >= 15 is 0 Å². The monoisotopic (exact) mass is 483 g/mol. The van der Waals surface area contributed by atoms with E-state index in [-0.39, 0.29) is 53.1 Å². The number of aromatic carboxylic acids is 1. The van der Waals surface area contributed by atoms with Crippen LogP contribution in [0.5, 0.6) is 5.75 Å². The zero-order valence-corrected chi connectivity index (χ0v) is 19.0. The van der Waals surface area contributed by atoms with E-state index in [2.05, 4.69) is 5.09 Å². The number of fused-ring (bicyclic) bond motifs is 2. The summed E-state index contributed by atoms with van der Waals surface area (Å²) in [5, 5.41) is 32.4. The first-order valence-electron chi connectivity index (χ1n) is 10.4. The van der Waals surface area contributed by atoms with Crippen molar-refractivity contribution in [1.29, 1.82) is 0 Å². The van der Waals surface area contributed by atoms with E-state index in [0.29, 0.717) is 22.1 Å². The molecule has 0 radical (unpaired) electrons. The molecule has 34 heavy (non-hydrogen) atoms. The van der Waals surface area contributed by atoms with Crippen LogP contribution in [0, 0.1) is 0 Å². The van der Waals surface area contributed by atoms with Crippen LogP contribution in [0.25, 0.3) is 33.4 Å². The molecule has 1 unspecified atom stereocenters. The van der Waals surface area contributed by atoms with Crippen LogP contribution < -0.4 is 10.5 Å². The normalized spacial score (nSPS) is 13.1. The Morgan fingerprint density at radius 1 is 1.09 bits per heavy atom. The molecule has 1 atom stereocenters. The van der Waals surface area contributed by atoms with Crippen molar-refractivity contribution in [2.75, 3.05) is 24.5 Å². The van der Waals surface area contributed by atoms with Crippen LogP contribution in [0.1, 0.15) is 17.3 Å². The van der Waals surface area contributed by atoms with Crippen LogP contribution in [0.15, 0.2) is 63.8 Å². The first-order valence-corrected chi connectivity index (χ1v) is 12.3. The number of phenols is 1. The molecule has 0 spiro atoms. The number of aromatic hydroxyl groups is 1. The highest BCUT2D eigenvalue weighted by Crippen LogP contribution is 2.47. The highest BCUT2D eigenvalue weighted by molar-refractivity contribution is 7.60. The van der Waals surface area contributed by atoms with E-state index in [4.69, 9.17) is 8.94 Å². The highest BCUT2D eigenvalue weighted by Gasteiger charge is 2.25. The van der Waals surface area contributed by atoms with Gasteiger partial charge in [-0.25, -0.2) is 4.79 Å². The fraction of sp³-hybridized carbons (Fsp3) is 0.167. The Hall–Kier alpha value is -3.65. The molecule has 1 heterocycles. The Morgan fingerprint density at radius 2 is 1.85 bits per heavy atom. The van der Waals surface area contributed by atoms with Gasteiger partial charge in [0, 0.05) is 34.3 Å². The standard InChI is InChI=1S/C24H22NO8P/c1-2-32-34(31,10-9-26)25-14-3-6-17(20(11-14)24(29)30)23-18-7-4-15(27)12-21(18)33-22-13-16(28)5-8-19(22)23/h3-8,11-13,26-27H,2,9-10H2,1H3,(H,25,31)(H,29,30). The van der Waals surface area contributed by atoms with Gasteiger partial charge in [0.25, 0.3) is 7.52 Å². The Morgan fingerprint density at radius 3 is 2.56 bits per heavy atom. The predicted molar refractivity (Wildman–Crippen MR) is 128 cm³/mol. The van der Waals surface area contributed by atoms with E-state index in [1.54, 1.807) is 31.2 Å². The molecule has 2 aromatic rings. The molecule has 0 bridgehead atoms. The smallest absolute Gasteiger partial charge is 0.336 e. The molecule has 0 fully saturated rings. The Labute approximate surface area is 194 Å². The molecule has 9 nitrogen and oxygen atoms in total. The average Bonchev–Trinajstić information content (AvgIpc) is 2.77. The number of phenolic OH excluding ortho intramolecular Hbond substituents is 1. The molecule has 0 saturated heterocycles. The van der Waals surface area contributed by atoms with Crippen LogP contribution in [0.2, 0.25) is 0 Å². The van der Waals surface area contributed by atoms with Gasteiger partial charge in [0.1, 0.15) is 17.1 Å². The molecule has 4 rings (SSSR count). The van der Waals surface area contributed by atoms with Gasteiger partial charge in [0.05, 0.1) is 24.9 Å². The number of carbonyl (C=O) groups is 1.